The van der Waals surface area contributed by atoms with Crippen molar-refractivity contribution in [2.75, 3.05) is 5.32 Å². The zero-order valence-corrected chi connectivity index (χ0v) is 13.4. The molecule has 24 heavy (non-hydrogen) atoms. The van der Waals surface area contributed by atoms with Gasteiger partial charge in [-0.3, -0.25) is 23.9 Å². The molecule has 0 saturated heterocycles. The summed E-state index contributed by atoms with van der Waals surface area (Å²) in [5, 5.41) is 3.01. The van der Waals surface area contributed by atoms with Crippen LogP contribution in [0.15, 0.2) is 46.1 Å². The number of ether oxygens (including phenoxy) is 1. The molecule has 0 aliphatic heterocycles. The fourth-order valence-electron chi connectivity index (χ4n) is 1.81. The zero-order valence-electron chi connectivity index (χ0n) is 12.6. The highest BCUT2D eigenvalue weighted by molar-refractivity contribution is 6.30. The first-order valence-electron chi connectivity index (χ1n) is 6.91. The minimum Gasteiger partial charge on any atom is -0.451 e. The number of benzene rings is 1. The van der Waals surface area contributed by atoms with E-state index in [1.54, 1.807) is 24.3 Å². The maximum absolute atomic E-state index is 12.0. The van der Waals surface area contributed by atoms with Gasteiger partial charge >= 0.3 is 11.7 Å². The van der Waals surface area contributed by atoms with Crippen LogP contribution < -0.4 is 16.6 Å². The lowest BCUT2D eigenvalue weighted by Crippen LogP contribution is -2.34. The number of amides is 1. The Hall–Kier alpha value is -2.87. The number of anilines is 1. The molecule has 1 atom stereocenters. The number of aromatic amines is 1. The van der Waals surface area contributed by atoms with Crippen LogP contribution in [0.1, 0.15) is 6.92 Å². The first kappa shape index (κ1) is 17.5. The van der Waals surface area contributed by atoms with Crippen LogP contribution in [0.25, 0.3) is 0 Å². The summed E-state index contributed by atoms with van der Waals surface area (Å²) in [6.07, 6.45) is 0.0917. The third-order valence-electron chi connectivity index (χ3n) is 2.97. The molecule has 1 amide bonds. The molecule has 126 valence electrons. The van der Waals surface area contributed by atoms with Gasteiger partial charge < -0.3 is 10.1 Å². The van der Waals surface area contributed by atoms with Crippen molar-refractivity contribution < 1.29 is 14.3 Å². The third-order valence-corrected chi connectivity index (χ3v) is 3.20. The first-order chi connectivity index (χ1) is 11.3. The van der Waals surface area contributed by atoms with E-state index in [0.717, 1.165) is 10.6 Å². The Bertz CT molecular complexity index is 874. The lowest BCUT2D eigenvalue weighted by atomic mass is 10.3. The Morgan fingerprint density at radius 1 is 1.33 bits per heavy atom. The fourth-order valence-corrected chi connectivity index (χ4v) is 2.00. The molecule has 0 unspecified atom stereocenters. The van der Waals surface area contributed by atoms with Gasteiger partial charge in [-0.2, -0.15) is 0 Å². The van der Waals surface area contributed by atoms with Gasteiger partial charge in [0.15, 0.2) is 6.10 Å². The minimum atomic E-state index is -1.07. The van der Waals surface area contributed by atoms with Gasteiger partial charge in [0.1, 0.15) is 6.54 Å². The second-order valence-corrected chi connectivity index (χ2v) is 5.31. The van der Waals surface area contributed by atoms with Crippen LogP contribution in [0.2, 0.25) is 5.02 Å². The van der Waals surface area contributed by atoms with E-state index in [-0.39, 0.29) is 0 Å². The molecule has 2 N–H and O–H groups in total. The quantitative estimate of drug-likeness (QED) is 0.773. The van der Waals surface area contributed by atoms with Gasteiger partial charge in [-0.1, -0.05) is 17.7 Å². The van der Waals surface area contributed by atoms with E-state index < -0.39 is 35.8 Å². The van der Waals surface area contributed by atoms with Crippen molar-refractivity contribution in [1.29, 1.82) is 0 Å². The van der Waals surface area contributed by atoms with Crippen molar-refractivity contribution in [1.82, 2.24) is 9.55 Å². The molecule has 0 radical (unpaired) electrons. The van der Waals surface area contributed by atoms with Crippen molar-refractivity contribution in [3.05, 3.63) is 62.4 Å². The number of hydrogen-bond donors (Lipinski definition) is 2. The van der Waals surface area contributed by atoms with Crippen molar-refractivity contribution in [2.45, 2.75) is 19.6 Å². The summed E-state index contributed by atoms with van der Waals surface area (Å²) < 4.78 is 5.93. The maximum Gasteiger partial charge on any atom is 0.328 e. The highest BCUT2D eigenvalue weighted by Gasteiger charge is 2.18. The highest BCUT2D eigenvalue weighted by Crippen LogP contribution is 2.15. The van der Waals surface area contributed by atoms with Gasteiger partial charge in [-0.05, 0) is 25.1 Å². The molecule has 0 saturated carbocycles. The van der Waals surface area contributed by atoms with Crippen LogP contribution in [-0.2, 0) is 20.9 Å². The minimum absolute atomic E-state index is 0.426. The summed E-state index contributed by atoms with van der Waals surface area (Å²) in [7, 11) is 0. The zero-order chi connectivity index (χ0) is 17.7. The van der Waals surface area contributed by atoms with Crippen LogP contribution in [0.3, 0.4) is 0 Å². The molecule has 0 spiro atoms. The molecule has 2 rings (SSSR count). The third kappa shape index (κ3) is 4.82. The fraction of sp³-hybridized carbons (Fsp3) is 0.200. The Labute approximate surface area is 141 Å². The summed E-state index contributed by atoms with van der Waals surface area (Å²) >= 11 is 5.81. The second kappa shape index (κ2) is 7.60. The molecule has 0 bridgehead atoms. The van der Waals surface area contributed by atoms with Gasteiger partial charge in [-0.15, -0.1) is 0 Å². The highest BCUT2D eigenvalue weighted by atomic mass is 35.5. The summed E-state index contributed by atoms with van der Waals surface area (Å²) in [5.74, 6) is -1.34. The number of halogens is 1. The Balaban J connectivity index is 1.94. The molecule has 0 aliphatic carbocycles. The van der Waals surface area contributed by atoms with Crippen LogP contribution in [0.4, 0.5) is 5.69 Å². The van der Waals surface area contributed by atoms with Crippen LogP contribution in [0, 0.1) is 0 Å². The van der Waals surface area contributed by atoms with Crippen molar-refractivity contribution >= 4 is 29.2 Å². The van der Waals surface area contributed by atoms with Gasteiger partial charge in [0, 0.05) is 23.0 Å². The van der Waals surface area contributed by atoms with E-state index in [0.29, 0.717) is 10.7 Å². The standard InChI is InChI=1S/C15H14ClN3O5/c1-9(14(22)17-11-4-2-3-10(16)7-11)24-13(21)8-19-6-5-12(20)18-15(19)23/h2-7,9H,8H2,1H3,(H,17,22)(H,18,20,23)/t9-/m0/s1. The van der Waals surface area contributed by atoms with Crippen molar-refractivity contribution in [3.63, 3.8) is 0 Å². The SMILES string of the molecule is C[C@H](OC(=O)Cn1ccc(=O)[nH]c1=O)C(=O)Nc1cccc(Cl)c1. The largest absolute Gasteiger partial charge is 0.451 e. The predicted octanol–water partition coefficient (Wildman–Crippen LogP) is 0.760. The van der Waals surface area contributed by atoms with Crippen molar-refractivity contribution in [2.24, 2.45) is 0 Å². The molecular weight excluding hydrogens is 338 g/mol. The number of aromatic nitrogens is 2. The van der Waals surface area contributed by atoms with Crippen LogP contribution in [-0.4, -0.2) is 27.5 Å². The first-order valence-corrected chi connectivity index (χ1v) is 7.28. The van der Waals surface area contributed by atoms with Gasteiger partial charge in [0.05, 0.1) is 0 Å². The number of rotatable bonds is 5. The molecule has 9 heteroatoms. The van der Waals surface area contributed by atoms with E-state index in [4.69, 9.17) is 16.3 Å². The molecule has 8 nitrogen and oxygen atoms in total. The number of nitrogens with zero attached hydrogens (tertiary/aromatic N) is 1. The van der Waals surface area contributed by atoms with Gasteiger partial charge in [-0.25, -0.2) is 4.79 Å². The van der Waals surface area contributed by atoms with Crippen LogP contribution in [0.5, 0.6) is 0 Å². The topological polar surface area (TPSA) is 110 Å². The Morgan fingerprint density at radius 3 is 2.75 bits per heavy atom. The molecule has 1 aromatic heterocycles. The summed E-state index contributed by atoms with van der Waals surface area (Å²) in [4.78, 5) is 48.2. The van der Waals surface area contributed by atoms with E-state index in [9.17, 15) is 19.2 Å². The lowest BCUT2D eigenvalue weighted by molar-refractivity contribution is -0.153. The van der Waals surface area contributed by atoms with Gasteiger partial charge in [0.25, 0.3) is 11.5 Å². The lowest BCUT2D eigenvalue weighted by Gasteiger charge is -2.14. The van der Waals surface area contributed by atoms with E-state index in [1.165, 1.54) is 13.1 Å². The summed E-state index contributed by atoms with van der Waals surface area (Å²) in [6, 6.07) is 7.61. The monoisotopic (exact) mass is 351 g/mol. The Morgan fingerprint density at radius 2 is 2.08 bits per heavy atom. The molecule has 2 aromatic rings. The maximum atomic E-state index is 12.0. The number of esters is 1. The second-order valence-electron chi connectivity index (χ2n) is 4.87. The molecule has 1 aromatic carbocycles. The summed E-state index contributed by atoms with van der Waals surface area (Å²) in [5.41, 5.74) is -0.846. The average Bonchev–Trinajstić information content (AvgIpc) is 2.50. The normalized spacial score (nSPS) is 11.6. The molecule has 0 fully saturated rings. The van der Waals surface area contributed by atoms with E-state index in [2.05, 4.69) is 5.32 Å². The summed E-state index contributed by atoms with van der Waals surface area (Å²) in [6.45, 7) is 0.970. The average molecular weight is 352 g/mol. The van der Waals surface area contributed by atoms with E-state index >= 15 is 0 Å². The number of nitrogens with one attached hydrogen (secondary N) is 2. The van der Waals surface area contributed by atoms with Crippen LogP contribution >= 0.6 is 11.6 Å². The molecule has 0 aliphatic rings. The number of carbonyl (C=O) groups is 2. The van der Waals surface area contributed by atoms with Gasteiger partial charge in [0.2, 0.25) is 0 Å². The molecular formula is C15H14ClN3O5. The van der Waals surface area contributed by atoms with Crippen molar-refractivity contribution in [3.8, 4) is 0 Å². The molecule has 1 heterocycles. The Kier molecular flexibility index (Phi) is 5.54. The number of carbonyl (C=O) groups excluding carboxylic acids is 2. The number of hydrogen-bond acceptors (Lipinski definition) is 5. The van der Waals surface area contributed by atoms with E-state index in [1.807, 2.05) is 4.98 Å². The smallest absolute Gasteiger partial charge is 0.328 e. The number of H-pyrrole nitrogens is 1. The predicted molar refractivity (Wildman–Crippen MR) is 87.0 cm³/mol.